The molecular weight excluding hydrogens is 126 g/mol. The van der Waals surface area contributed by atoms with Crippen LogP contribution in [0.15, 0.2) is 0 Å². The van der Waals surface area contributed by atoms with E-state index in [1.807, 2.05) is 6.92 Å². The molecule has 0 fully saturated rings. The summed E-state index contributed by atoms with van der Waals surface area (Å²) in [4.78, 5) is 10.7. The van der Waals surface area contributed by atoms with Gasteiger partial charge in [-0.15, -0.1) is 0 Å². The second-order valence-corrected chi connectivity index (χ2v) is 2.68. The van der Waals surface area contributed by atoms with Gasteiger partial charge in [0.2, 0.25) is 5.91 Å². The summed E-state index contributed by atoms with van der Waals surface area (Å²) >= 11 is 0. The Kier molecular flexibility index (Phi) is 4.08. The quantitative estimate of drug-likeness (QED) is 0.632. The molecule has 0 aliphatic rings. The summed E-state index contributed by atoms with van der Waals surface area (Å²) in [6.45, 7) is 7.76. The van der Waals surface area contributed by atoms with Crippen molar-refractivity contribution in [3.8, 4) is 0 Å². The molecule has 2 N–H and O–H groups in total. The van der Waals surface area contributed by atoms with Gasteiger partial charge in [-0.05, 0) is 12.3 Å². The van der Waals surface area contributed by atoms with E-state index in [-0.39, 0.29) is 11.8 Å². The van der Waals surface area contributed by atoms with Gasteiger partial charge in [-0.3, -0.25) is 4.79 Å². The third-order valence-corrected chi connectivity index (χ3v) is 2.01. The first kappa shape index (κ1) is 9.47. The van der Waals surface area contributed by atoms with Crippen LogP contribution in [-0.4, -0.2) is 5.91 Å². The number of primary amides is 1. The second-order valence-electron chi connectivity index (χ2n) is 2.68. The molecule has 1 radical (unpaired) electrons. The van der Waals surface area contributed by atoms with Crippen molar-refractivity contribution in [2.75, 3.05) is 0 Å². The number of carbonyl (C=O) groups is 1. The van der Waals surface area contributed by atoms with Crippen molar-refractivity contribution in [3.63, 3.8) is 0 Å². The molecule has 0 saturated carbocycles. The zero-order valence-electron chi connectivity index (χ0n) is 6.76. The van der Waals surface area contributed by atoms with E-state index in [1.54, 1.807) is 0 Å². The minimum absolute atomic E-state index is 0.0370. The highest BCUT2D eigenvalue weighted by atomic mass is 16.1. The van der Waals surface area contributed by atoms with Crippen LogP contribution < -0.4 is 5.73 Å². The molecule has 0 bridgehead atoms. The van der Waals surface area contributed by atoms with Gasteiger partial charge in [-0.25, -0.2) is 0 Å². The molecule has 0 aromatic rings. The molecule has 2 atom stereocenters. The van der Waals surface area contributed by atoms with Crippen LogP contribution in [0.1, 0.15) is 26.7 Å². The van der Waals surface area contributed by atoms with Crippen molar-refractivity contribution in [2.24, 2.45) is 17.6 Å². The monoisotopic (exact) mass is 142 g/mol. The lowest BCUT2D eigenvalue weighted by Crippen LogP contribution is -2.27. The molecule has 0 aromatic carbocycles. The van der Waals surface area contributed by atoms with Crippen LogP contribution in [0.25, 0.3) is 0 Å². The summed E-state index contributed by atoms with van der Waals surface area (Å²) in [5, 5.41) is 0. The van der Waals surface area contributed by atoms with Crippen LogP contribution in [0.3, 0.4) is 0 Å². The molecule has 2 heteroatoms. The van der Waals surface area contributed by atoms with E-state index >= 15 is 0 Å². The lowest BCUT2D eigenvalue weighted by molar-refractivity contribution is -0.123. The van der Waals surface area contributed by atoms with E-state index in [0.717, 1.165) is 6.42 Å². The molecule has 10 heavy (non-hydrogen) atoms. The Morgan fingerprint density at radius 3 is 2.30 bits per heavy atom. The maximum absolute atomic E-state index is 10.7. The maximum Gasteiger partial charge on any atom is 0.220 e. The Bertz CT molecular complexity index is 112. The molecule has 1 amide bonds. The molecule has 0 aliphatic carbocycles. The van der Waals surface area contributed by atoms with Crippen LogP contribution in [0.5, 0.6) is 0 Å². The van der Waals surface area contributed by atoms with Crippen LogP contribution in [0.2, 0.25) is 0 Å². The SMILES string of the molecule is [CH2]CC(C(N)=O)C(C)CC. The molecule has 0 heterocycles. The fraction of sp³-hybridized carbons (Fsp3) is 0.750. The van der Waals surface area contributed by atoms with Gasteiger partial charge in [-0.1, -0.05) is 27.2 Å². The Balaban J connectivity index is 3.92. The van der Waals surface area contributed by atoms with E-state index in [0.29, 0.717) is 12.3 Å². The molecular formula is C8H16NO. The molecule has 0 saturated heterocycles. The van der Waals surface area contributed by atoms with Crippen LogP contribution in [-0.2, 0) is 4.79 Å². The highest BCUT2D eigenvalue weighted by Crippen LogP contribution is 2.17. The van der Waals surface area contributed by atoms with E-state index in [2.05, 4.69) is 13.8 Å². The molecule has 2 unspecified atom stereocenters. The van der Waals surface area contributed by atoms with Gasteiger partial charge in [0.05, 0.1) is 0 Å². The lowest BCUT2D eigenvalue weighted by atomic mass is 9.89. The molecule has 0 rings (SSSR count). The summed E-state index contributed by atoms with van der Waals surface area (Å²) in [6, 6.07) is 0. The van der Waals surface area contributed by atoms with E-state index in [4.69, 9.17) is 5.73 Å². The molecule has 0 spiro atoms. The van der Waals surface area contributed by atoms with E-state index < -0.39 is 0 Å². The Morgan fingerprint density at radius 1 is 1.70 bits per heavy atom. The Morgan fingerprint density at radius 2 is 2.20 bits per heavy atom. The zero-order valence-corrected chi connectivity index (χ0v) is 6.76. The first-order chi connectivity index (χ1) is 4.63. The normalized spacial score (nSPS) is 16.3. The summed E-state index contributed by atoms with van der Waals surface area (Å²) < 4.78 is 0. The minimum Gasteiger partial charge on any atom is -0.369 e. The van der Waals surface area contributed by atoms with Crippen LogP contribution in [0, 0.1) is 18.8 Å². The average Bonchev–Trinajstić information content (AvgIpc) is 1.88. The standard InChI is InChI=1S/C8H16NO/c1-4-6(3)7(5-2)8(9)10/h6-7H,2,4-5H2,1,3H3,(H2,9,10). The Labute approximate surface area is 62.8 Å². The minimum atomic E-state index is -0.218. The van der Waals surface area contributed by atoms with Gasteiger partial charge in [-0.2, -0.15) is 0 Å². The summed E-state index contributed by atoms with van der Waals surface area (Å²) in [5.74, 6) is 0.115. The van der Waals surface area contributed by atoms with Gasteiger partial charge in [0, 0.05) is 5.92 Å². The van der Waals surface area contributed by atoms with Gasteiger partial charge < -0.3 is 5.73 Å². The van der Waals surface area contributed by atoms with Gasteiger partial charge in [0.1, 0.15) is 0 Å². The summed E-state index contributed by atoms with van der Waals surface area (Å²) in [5.41, 5.74) is 5.14. The highest BCUT2D eigenvalue weighted by molar-refractivity contribution is 5.76. The number of hydrogen-bond acceptors (Lipinski definition) is 1. The number of hydrogen-bond donors (Lipinski definition) is 1. The molecule has 59 valence electrons. The van der Waals surface area contributed by atoms with Gasteiger partial charge >= 0.3 is 0 Å². The van der Waals surface area contributed by atoms with Crippen molar-refractivity contribution >= 4 is 5.91 Å². The fourth-order valence-electron chi connectivity index (χ4n) is 0.992. The van der Waals surface area contributed by atoms with Crippen LogP contribution in [0.4, 0.5) is 0 Å². The van der Waals surface area contributed by atoms with E-state index in [1.165, 1.54) is 0 Å². The van der Waals surface area contributed by atoms with Crippen molar-refractivity contribution in [1.29, 1.82) is 0 Å². The van der Waals surface area contributed by atoms with Crippen molar-refractivity contribution in [1.82, 2.24) is 0 Å². The smallest absolute Gasteiger partial charge is 0.220 e. The van der Waals surface area contributed by atoms with Gasteiger partial charge in [0.15, 0.2) is 0 Å². The number of amides is 1. The number of nitrogens with two attached hydrogens (primary N) is 1. The first-order valence-electron chi connectivity index (χ1n) is 3.72. The van der Waals surface area contributed by atoms with Crippen LogP contribution >= 0.6 is 0 Å². The third-order valence-electron chi connectivity index (χ3n) is 2.01. The van der Waals surface area contributed by atoms with Crippen molar-refractivity contribution in [3.05, 3.63) is 6.92 Å². The zero-order chi connectivity index (χ0) is 8.15. The topological polar surface area (TPSA) is 43.1 Å². The highest BCUT2D eigenvalue weighted by Gasteiger charge is 2.18. The number of carbonyl (C=O) groups excluding carboxylic acids is 1. The molecule has 0 aliphatic heterocycles. The first-order valence-corrected chi connectivity index (χ1v) is 3.72. The third kappa shape index (κ3) is 2.38. The van der Waals surface area contributed by atoms with Gasteiger partial charge in [0.25, 0.3) is 0 Å². The fourth-order valence-corrected chi connectivity index (χ4v) is 0.992. The Hall–Kier alpha value is -0.530. The predicted molar refractivity (Wildman–Crippen MR) is 42.1 cm³/mol. The predicted octanol–water partition coefficient (Wildman–Crippen LogP) is 1.36. The summed E-state index contributed by atoms with van der Waals surface area (Å²) in [7, 11) is 0. The van der Waals surface area contributed by atoms with Crippen molar-refractivity contribution < 1.29 is 4.79 Å². The van der Waals surface area contributed by atoms with E-state index in [9.17, 15) is 4.79 Å². The number of rotatable bonds is 4. The maximum atomic E-state index is 10.7. The lowest BCUT2D eigenvalue weighted by Gasteiger charge is -2.16. The molecule has 2 nitrogen and oxygen atoms in total. The largest absolute Gasteiger partial charge is 0.369 e. The average molecular weight is 142 g/mol. The second kappa shape index (κ2) is 4.31. The van der Waals surface area contributed by atoms with Crippen molar-refractivity contribution in [2.45, 2.75) is 26.7 Å². The summed E-state index contributed by atoms with van der Waals surface area (Å²) in [6.07, 6.45) is 1.60. The molecule has 0 aromatic heterocycles.